The lowest BCUT2D eigenvalue weighted by molar-refractivity contribution is -0.110. The SMILES string of the molecule is Cc1[nH]c(/C=C2\C(=O)Nc3ccc(S(=O)Cc4cccc(Cl)c4)cc32)c(C)c1C(=O)NCCN1CCCC1. The number of rotatable bonds is 8. The lowest BCUT2D eigenvalue weighted by Gasteiger charge is -2.14. The number of amides is 2. The van der Waals surface area contributed by atoms with E-state index in [1.165, 1.54) is 12.8 Å². The molecule has 9 heteroatoms. The number of aromatic amines is 1. The zero-order valence-corrected chi connectivity index (χ0v) is 23.1. The Bertz CT molecular complexity index is 1460. The molecule has 0 aliphatic carbocycles. The van der Waals surface area contributed by atoms with E-state index in [1.54, 1.807) is 36.4 Å². The maximum Gasteiger partial charge on any atom is 0.256 e. The molecule has 2 amide bonds. The summed E-state index contributed by atoms with van der Waals surface area (Å²) in [6.45, 7) is 7.39. The molecule has 38 heavy (non-hydrogen) atoms. The lowest BCUT2D eigenvalue weighted by Crippen LogP contribution is -2.33. The van der Waals surface area contributed by atoms with Gasteiger partial charge in [0.25, 0.3) is 11.8 Å². The third kappa shape index (κ3) is 5.62. The molecule has 1 saturated heterocycles. The number of likely N-dealkylation sites (tertiary alicyclic amines) is 1. The maximum atomic E-state index is 13.1. The van der Waals surface area contributed by atoms with Crippen molar-refractivity contribution in [2.75, 3.05) is 31.5 Å². The van der Waals surface area contributed by atoms with Gasteiger partial charge in [0.15, 0.2) is 0 Å². The molecule has 2 aliphatic rings. The van der Waals surface area contributed by atoms with Gasteiger partial charge >= 0.3 is 0 Å². The van der Waals surface area contributed by atoms with Crippen LogP contribution in [0.5, 0.6) is 0 Å². The standard InChI is InChI=1S/C29H31ClN4O3S/c1-18-26(32-19(2)27(18)29(36)31-10-13-34-11-3-4-12-34)16-24-23-15-22(8-9-25(23)33-28(24)35)38(37)17-20-6-5-7-21(30)14-20/h5-9,14-16,32H,3-4,10-13,17H2,1-2H3,(H,31,36)(H,33,35)/b24-16-. The fourth-order valence-electron chi connectivity index (χ4n) is 5.14. The van der Waals surface area contributed by atoms with Crippen molar-refractivity contribution in [3.05, 3.63) is 81.1 Å². The maximum absolute atomic E-state index is 13.1. The highest BCUT2D eigenvalue weighted by atomic mass is 35.5. The molecule has 2 aromatic carbocycles. The molecule has 0 saturated carbocycles. The first-order chi connectivity index (χ1) is 18.3. The number of benzene rings is 2. The summed E-state index contributed by atoms with van der Waals surface area (Å²) in [5.41, 5.74) is 5.56. The Morgan fingerprint density at radius 2 is 1.95 bits per heavy atom. The van der Waals surface area contributed by atoms with Gasteiger partial charge in [-0.3, -0.25) is 13.8 Å². The van der Waals surface area contributed by atoms with Crippen molar-refractivity contribution in [3.8, 4) is 0 Å². The van der Waals surface area contributed by atoms with Crippen molar-refractivity contribution >= 4 is 51.6 Å². The number of hydrogen-bond acceptors (Lipinski definition) is 4. The van der Waals surface area contributed by atoms with E-state index in [4.69, 9.17) is 11.6 Å². The highest BCUT2D eigenvalue weighted by Crippen LogP contribution is 2.35. The van der Waals surface area contributed by atoms with Gasteiger partial charge in [0.2, 0.25) is 0 Å². The normalized spacial score (nSPS) is 17.0. The second kappa shape index (κ2) is 11.3. The molecule has 3 heterocycles. The minimum absolute atomic E-state index is 0.116. The number of fused-ring (bicyclic) bond motifs is 1. The zero-order chi connectivity index (χ0) is 26.8. The predicted octanol–water partition coefficient (Wildman–Crippen LogP) is 4.91. The van der Waals surface area contributed by atoms with E-state index in [0.29, 0.717) is 50.3 Å². The van der Waals surface area contributed by atoms with E-state index in [2.05, 4.69) is 20.5 Å². The molecule has 5 rings (SSSR count). The summed E-state index contributed by atoms with van der Waals surface area (Å²) in [5.74, 6) is -0.0265. The molecule has 198 valence electrons. The Labute approximate surface area is 230 Å². The van der Waals surface area contributed by atoms with Crippen LogP contribution in [0.1, 0.15) is 51.3 Å². The Hall–Kier alpha value is -3.20. The number of H-pyrrole nitrogens is 1. The highest BCUT2D eigenvalue weighted by molar-refractivity contribution is 7.84. The number of aryl methyl sites for hydroxylation is 1. The summed E-state index contributed by atoms with van der Waals surface area (Å²) in [5, 5.41) is 6.53. The van der Waals surface area contributed by atoms with E-state index >= 15 is 0 Å². The summed E-state index contributed by atoms with van der Waals surface area (Å²) in [7, 11) is -1.31. The molecule has 1 fully saturated rings. The van der Waals surface area contributed by atoms with Crippen LogP contribution in [0, 0.1) is 13.8 Å². The first-order valence-corrected chi connectivity index (χ1v) is 14.5. The third-order valence-electron chi connectivity index (χ3n) is 7.13. The van der Waals surface area contributed by atoms with Gasteiger partial charge in [-0.05, 0) is 87.3 Å². The van der Waals surface area contributed by atoms with Crippen molar-refractivity contribution in [2.45, 2.75) is 37.3 Å². The van der Waals surface area contributed by atoms with Crippen molar-refractivity contribution in [2.24, 2.45) is 0 Å². The summed E-state index contributed by atoms with van der Waals surface area (Å²) in [6, 6.07) is 12.7. The van der Waals surface area contributed by atoms with Gasteiger partial charge in [0.1, 0.15) is 0 Å². The first kappa shape index (κ1) is 26.4. The molecule has 0 spiro atoms. The third-order valence-corrected chi connectivity index (χ3v) is 8.74. The summed E-state index contributed by atoms with van der Waals surface area (Å²) < 4.78 is 13.1. The van der Waals surface area contributed by atoms with E-state index in [-0.39, 0.29) is 11.8 Å². The second-order valence-electron chi connectivity index (χ2n) is 9.81. The van der Waals surface area contributed by atoms with Gasteiger partial charge < -0.3 is 20.5 Å². The van der Waals surface area contributed by atoms with Gasteiger partial charge in [0.05, 0.1) is 27.7 Å². The molecule has 1 aromatic heterocycles. The van der Waals surface area contributed by atoms with Crippen LogP contribution in [0.15, 0.2) is 47.4 Å². The Morgan fingerprint density at radius 3 is 2.71 bits per heavy atom. The van der Waals surface area contributed by atoms with E-state index in [9.17, 15) is 13.8 Å². The van der Waals surface area contributed by atoms with Crippen LogP contribution in [-0.2, 0) is 21.3 Å². The Balaban J connectivity index is 1.36. The average molecular weight is 551 g/mol. The fraction of sp³-hybridized carbons (Fsp3) is 0.310. The second-order valence-corrected chi connectivity index (χ2v) is 11.7. The Morgan fingerprint density at radius 1 is 1.16 bits per heavy atom. The summed E-state index contributed by atoms with van der Waals surface area (Å²) in [6.07, 6.45) is 4.21. The number of anilines is 1. The van der Waals surface area contributed by atoms with Crippen LogP contribution in [-0.4, -0.2) is 52.1 Å². The number of aromatic nitrogens is 1. The number of nitrogens with one attached hydrogen (secondary N) is 3. The topological polar surface area (TPSA) is 94.3 Å². The predicted molar refractivity (Wildman–Crippen MR) is 153 cm³/mol. The molecule has 0 radical (unpaired) electrons. The van der Waals surface area contributed by atoms with E-state index in [1.807, 2.05) is 26.0 Å². The zero-order valence-electron chi connectivity index (χ0n) is 21.5. The lowest BCUT2D eigenvalue weighted by atomic mass is 10.0. The van der Waals surface area contributed by atoms with Crippen molar-refractivity contribution in [1.82, 2.24) is 15.2 Å². The van der Waals surface area contributed by atoms with Gasteiger partial charge in [-0.1, -0.05) is 23.7 Å². The molecule has 7 nitrogen and oxygen atoms in total. The van der Waals surface area contributed by atoms with Crippen LogP contribution in [0.25, 0.3) is 11.6 Å². The summed E-state index contributed by atoms with van der Waals surface area (Å²) in [4.78, 5) is 32.1. The number of carbonyl (C=O) groups is 2. The number of carbonyl (C=O) groups excluding carboxylic acids is 2. The average Bonchev–Trinajstić information content (AvgIpc) is 3.57. The monoisotopic (exact) mass is 550 g/mol. The molecule has 2 aliphatic heterocycles. The van der Waals surface area contributed by atoms with Crippen molar-refractivity contribution in [1.29, 1.82) is 0 Å². The Kier molecular flexibility index (Phi) is 7.83. The van der Waals surface area contributed by atoms with Gasteiger partial charge in [-0.2, -0.15) is 0 Å². The van der Waals surface area contributed by atoms with Crippen LogP contribution in [0.4, 0.5) is 5.69 Å². The van der Waals surface area contributed by atoms with Gasteiger partial charge in [0, 0.05) is 45.6 Å². The summed E-state index contributed by atoms with van der Waals surface area (Å²) >= 11 is 6.08. The molecule has 3 N–H and O–H groups in total. The molecule has 1 unspecified atom stereocenters. The number of nitrogens with zero attached hydrogens (tertiary/aromatic N) is 1. The molecule has 1 atom stereocenters. The molecule has 3 aromatic rings. The smallest absolute Gasteiger partial charge is 0.256 e. The molecular weight excluding hydrogens is 520 g/mol. The molecular formula is C29H31ClN4O3S. The van der Waals surface area contributed by atoms with E-state index in [0.717, 1.165) is 36.5 Å². The van der Waals surface area contributed by atoms with Crippen molar-refractivity contribution < 1.29 is 13.8 Å². The fourth-order valence-corrected chi connectivity index (χ4v) is 6.47. The number of hydrogen-bond donors (Lipinski definition) is 3. The minimum atomic E-state index is -1.31. The van der Waals surface area contributed by atoms with Gasteiger partial charge in [-0.25, -0.2) is 0 Å². The quantitative estimate of drug-likeness (QED) is 0.347. The van der Waals surface area contributed by atoms with E-state index < -0.39 is 10.8 Å². The van der Waals surface area contributed by atoms with Gasteiger partial charge in [-0.15, -0.1) is 0 Å². The highest BCUT2D eigenvalue weighted by Gasteiger charge is 2.27. The largest absolute Gasteiger partial charge is 0.358 e. The van der Waals surface area contributed by atoms with Crippen LogP contribution in [0.3, 0.4) is 0 Å². The van der Waals surface area contributed by atoms with Crippen LogP contribution < -0.4 is 10.6 Å². The first-order valence-electron chi connectivity index (χ1n) is 12.8. The minimum Gasteiger partial charge on any atom is -0.358 e. The molecule has 0 bridgehead atoms. The number of halogens is 1. The van der Waals surface area contributed by atoms with Crippen LogP contribution >= 0.6 is 11.6 Å². The van der Waals surface area contributed by atoms with Crippen LogP contribution in [0.2, 0.25) is 5.02 Å². The van der Waals surface area contributed by atoms with Crippen molar-refractivity contribution in [3.63, 3.8) is 0 Å².